The molecule has 1 aliphatic heterocycles. The number of alkyl halides is 3. The van der Waals surface area contributed by atoms with Crippen LogP contribution in [0.25, 0.3) is 0 Å². The van der Waals surface area contributed by atoms with Crippen molar-refractivity contribution in [3.8, 4) is 0 Å². The van der Waals surface area contributed by atoms with Crippen molar-refractivity contribution >= 4 is 17.7 Å². The van der Waals surface area contributed by atoms with E-state index in [9.17, 15) is 18.0 Å². The summed E-state index contributed by atoms with van der Waals surface area (Å²) in [6, 6.07) is 7.86. The number of piperidine rings is 1. The zero-order chi connectivity index (χ0) is 15.6. The second kappa shape index (κ2) is 6.23. The van der Waals surface area contributed by atoms with Crippen molar-refractivity contribution < 1.29 is 18.0 Å². The van der Waals surface area contributed by atoms with E-state index in [-0.39, 0.29) is 5.92 Å². The minimum absolute atomic E-state index is 0.192. The summed E-state index contributed by atoms with van der Waals surface area (Å²) in [6.45, 7) is 0.386. The number of nitrogens with one attached hydrogen (secondary N) is 1. The first kappa shape index (κ1) is 16.1. The average molecular weight is 321 g/mol. The lowest BCUT2D eigenvalue weighted by atomic mass is 9.82. The van der Waals surface area contributed by atoms with Crippen LogP contribution in [0.1, 0.15) is 24.8 Å². The molecule has 1 heterocycles. The van der Waals surface area contributed by atoms with Crippen LogP contribution in [0.2, 0.25) is 0 Å². The highest BCUT2D eigenvalue weighted by Gasteiger charge is 2.44. The Hall–Kier alpha value is -1.27. The number of hydrogen-bond donors (Lipinski definition) is 1. The molecular weight excluding hydrogens is 305 g/mol. The van der Waals surface area contributed by atoms with E-state index in [4.69, 9.17) is 11.8 Å². The molecule has 3 unspecified atom stereocenters. The van der Waals surface area contributed by atoms with E-state index in [1.165, 1.54) is 0 Å². The van der Waals surface area contributed by atoms with Crippen LogP contribution in [-0.4, -0.2) is 35.6 Å². The number of hydrogen-bond acceptors (Lipinski definition) is 2. The van der Waals surface area contributed by atoms with Gasteiger partial charge >= 0.3 is 6.18 Å². The number of halogens is 4. The van der Waals surface area contributed by atoms with Crippen LogP contribution in [0.15, 0.2) is 30.3 Å². The van der Waals surface area contributed by atoms with Crippen molar-refractivity contribution in [2.75, 3.05) is 6.54 Å². The number of amides is 1. The molecule has 116 valence electrons. The molecule has 1 aromatic rings. The van der Waals surface area contributed by atoms with Gasteiger partial charge < -0.3 is 4.90 Å². The fourth-order valence-corrected chi connectivity index (χ4v) is 2.97. The van der Waals surface area contributed by atoms with E-state index in [0.717, 1.165) is 10.5 Å². The van der Waals surface area contributed by atoms with Crippen molar-refractivity contribution in [1.29, 1.82) is 0 Å². The fourth-order valence-electron chi connectivity index (χ4n) is 2.79. The normalized spacial score (nSPS) is 27.0. The Morgan fingerprint density at radius 3 is 2.48 bits per heavy atom. The van der Waals surface area contributed by atoms with Crippen molar-refractivity contribution in [2.45, 2.75) is 37.5 Å². The van der Waals surface area contributed by atoms with Crippen LogP contribution in [0, 0.1) is 0 Å². The van der Waals surface area contributed by atoms with E-state index in [2.05, 4.69) is 4.84 Å². The fraction of sp³-hybridized carbons (Fsp3) is 0.500. The van der Waals surface area contributed by atoms with Crippen molar-refractivity contribution in [2.24, 2.45) is 0 Å². The minimum Gasteiger partial charge on any atom is -0.329 e. The number of carbonyl (C=O) groups is 1. The predicted molar refractivity (Wildman–Crippen MR) is 73.8 cm³/mol. The lowest BCUT2D eigenvalue weighted by Gasteiger charge is -2.42. The Balaban J connectivity index is 2.29. The lowest BCUT2D eigenvalue weighted by molar-refractivity contribution is -0.170. The molecule has 1 fully saturated rings. The second-order valence-corrected chi connectivity index (χ2v) is 5.45. The van der Waals surface area contributed by atoms with Gasteiger partial charge in [0.1, 0.15) is 12.6 Å². The smallest absolute Gasteiger partial charge is 0.329 e. The van der Waals surface area contributed by atoms with Gasteiger partial charge in [0.15, 0.2) is 0 Å². The molecule has 1 saturated heterocycles. The summed E-state index contributed by atoms with van der Waals surface area (Å²) in [5, 5.41) is 0. The second-order valence-electron chi connectivity index (χ2n) is 5.24. The molecule has 3 nitrogen and oxygen atoms in total. The van der Waals surface area contributed by atoms with Crippen LogP contribution in [-0.2, 0) is 4.79 Å². The summed E-state index contributed by atoms with van der Waals surface area (Å²) in [6.07, 6.45) is -4.05. The van der Waals surface area contributed by atoms with Gasteiger partial charge in [0.25, 0.3) is 0 Å². The number of rotatable bonds is 3. The Bertz CT molecular complexity index is 495. The highest BCUT2D eigenvalue weighted by molar-refractivity contribution is 6.15. The number of likely N-dealkylation sites (tertiary alicyclic amines) is 1. The highest BCUT2D eigenvalue weighted by atomic mass is 35.5. The summed E-state index contributed by atoms with van der Waals surface area (Å²) >= 11 is 5.53. The van der Waals surface area contributed by atoms with Gasteiger partial charge in [0.05, 0.1) is 0 Å². The van der Waals surface area contributed by atoms with Gasteiger partial charge in [-0.2, -0.15) is 13.2 Å². The van der Waals surface area contributed by atoms with Crippen molar-refractivity contribution in [3.63, 3.8) is 0 Å². The molecule has 3 atom stereocenters. The van der Waals surface area contributed by atoms with Crippen LogP contribution in [0.5, 0.6) is 0 Å². The molecule has 2 rings (SSSR count). The predicted octanol–water partition coefficient (Wildman–Crippen LogP) is 3.07. The van der Waals surface area contributed by atoms with Gasteiger partial charge in [-0.05, 0) is 30.7 Å². The van der Waals surface area contributed by atoms with Gasteiger partial charge in [-0.25, -0.2) is 4.84 Å². The standard InChI is InChI=1S/C14H16ClF3N2O/c1-9-11(10-5-3-2-4-6-10)7-12(19-15)13(21)20(9)8-14(16,17)18/h2-6,9,11-12,19H,7-8H2,1H3. The van der Waals surface area contributed by atoms with E-state index in [0.29, 0.717) is 6.42 Å². The third-order valence-electron chi connectivity index (χ3n) is 3.85. The zero-order valence-corrected chi connectivity index (χ0v) is 12.2. The van der Waals surface area contributed by atoms with Gasteiger partial charge in [-0.1, -0.05) is 30.3 Å². The highest BCUT2D eigenvalue weighted by Crippen LogP contribution is 2.35. The maximum atomic E-state index is 12.7. The van der Waals surface area contributed by atoms with E-state index in [1.54, 1.807) is 6.92 Å². The zero-order valence-electron chi connectivity index (χ0n) is 11.4. The molecule has 1 aliphatic rings. The SMILES string of the molecule is CC1C(c2ccccc2)CC(NCl)C(=O)N1CC(F)(F)F. The maximum absolute atomic E-state index is 12.7. The summed E-state index contributed by atoms with van der Waals surface area (Å²) < 4.78 is 38.1. The summed E-state index contributed by atoms with van der Waals surface area (Å²) in [4.78, 5) is 15.3. The topological polar surface area (TPSA) is 32.3 Å². The molecule has 0 aliphatic carbocycles. The molecule has 1 aromatic carbocycles. The number of nitrogens with zero attached hydrogens (tertiary/aromatic N) is 1. The number of benzene rings is 1. The first-order valence-electron chi connectivity index (χ1n) is 6.62. The molecule has 1 N–H and O–H groups in total. The van der Waals surface area contributed by atoms with Crippen molar-refractivity contribution in [1.82, 2.24) is 9.74 Å². The van der Waals surface area contributed by atoms with Crippen molar-refractivity contribution in [3.05, 3.63) is 35.9 Å². The van der Waals surface area contributed by atoms with E-state index in [1.807, 2.05) is 30.3 Å². The third kappa shape index (κ3) is 3.68. The molecule has 0 spiro atoms. The van der Waals surface area contributed by atoms with Gasteiger partial charge in [0.2, 0.25) is 5.91 Å². The molecule has 0 saturated carbocycles. The molecule has 0 bridgehead atoms. The Labute approximate surface area is 126 Å². The summed E-state index contributed by atoms with van der Waals surface area (Å²) in [5.41, 5.74) is 0.904. The molecule has 0 aromatic heterocycles. The monoisotopic (exact) mass is 320 g/mol. The van der Waals surface area contributed by atoms with Crippen LogP contribution >= 0.6 is 11.8 Å². The van der Waals surface area contributed by atoms with Gasteiger partial charge in [0, 0.05) is 12.0 Å². The number of carbonyl (C=O) groups excluding carboxylic acids is 1. The largest absolute Gasteiger partial charge is 0.406 e. The van der Waals surface area contributed by atoms with Gasteiger partial charge in [-0.3, -0.25) is 4.79 Å². The molecule has 1 amide bonds. The van der Waals surface area contributed by atoms with Crippen LogP contribution in [0.3, 0.4) is 0 Å². The maximum Gasteiger partial charge on any atom is 0.406 e. The van der Waals surface area contributed by atoms with Crippen LogP contribution in [0.4, 0.5) is 13.2 Å². The first-order valence-corrected chi connectivity index (χ1v) is 6.99. The first-order chi connectivity index (χ1) is 9.83. The Morgan fingerprint density at radius 1 is 1.33 bits per heavy atom. The van der Waals surface area contributed by atoms with Crippen LogP contribution < -0.4 is 4.84 Å². The lowest BCUT2D eigenvalue weighted by Crippen LogP contribution is -2.57. The molecule has 0 radical (unpaired) electrons. The molecule has 7 heteroatoms. The summed E-state index contributed by atoms with van der Waals surface area (Å²) in [5.74, 6) is -0.801. The Kier molecular flexibility index (Phi) is 4.78. The summed E-state index contributed by atoms with van der Waals surface area (Å²) in [7, 11) is 0. The average Bonchev–Trinajstić information content (AvgIpc) is 2.44. The third-order valence-corrected chi connectivity index (χ3v) is 4.12. The molecule has 21 heavy (non-hydrogen) atoms. The van der Waals surface area contributed by atoms with E-state index >= 15 is 0 Å². The van der Waals surface area contributed by atoms with Gasteiger partial charge in [-0.15, -0.1) is 0 Å². The Morgan fingerprint density at radius 2 is 1.95 bits per heavy atom. The minimum atomic E-state index is -4.43. The van der Waals surface area contributed by atoms with E-state index < -0.39 is 30.7 Å². The molecular formula is C14H16ClF3N2O. The quantitative estimate of drug-likeness (QED) is 0.868.